The normalized spacial score (nSPS) is 11.1. The molecule has 0 aliphatic carbocycles. The smallest absolute Gasteiger partial charge is 0.188 e. The Balaban J connectivity index is 1.34. The Kier molecular flexibility index (Phi) is 7.63. The number of nitriles is 2. The summed E-state index contributed by atoms with van der Waals surface area (Å²) in [7, 11) is -2.78. The van der Waals surface area contributed by atoms with Gasteiger partial charge in [-0.15, -0.1) is 0 Å². The summed E-state index contributed by atoms with van der Waals surface area (Å²) < 4.78 is 2.24. The molecule has 4 nitrogen and oxygen atoms in total. The first-order valence-corrected chi connectivity index (χ1v) is 18.3. The third kappa shape index (κ3) is 4.88. The quantitative estimate of drug-likeness (QED) is 0.104. The first-order chi connectivity index (χ1) is 24.6. The van der Waals surface area contributed by atoms with Gasteiger partial charge in [0, 0.05) is 10.9 Å². The summed E-state index contributed by atoms with van der Waals surface area (Å²) in [6, 6.07) is 63.2. The zero-order chi connectivity index (χ0) is 34.1. The van der Waals surface area contributed by atoms with E-state index >= 15 is 0 Å². The maximum absolute atomic E-state index is 9.69. The Morgan fingerprint density at radius 2 is 1.00 bits per heavy atom. The molecule has 0 aliphatic rings. The van der Waals surface area contributed by atoms with Gasteiger partial charge in [0.15, 0.2) is 13.8 Å². The number of rotatable bonds is 6. The lowest BCUT2D eigenvalue weighted by Gasteiger charge is -2.34. The molecule has 7 aromatic carbocycles. The van der Waals surface area contributed by atoms with Gasteiger partial charge in [0.2, 0.25) is 0 Å². The van der Waals surface area contributed by atoms with Gasteiger partial charge in [0.1, 0.15) is 0 Å². The molecule has 0 aliphatic heterocycles. The molecule has 50 heavy (non-hydrogen) atoms. The van der Waals surface area contributed by atoms with Crippen molar-refractivity contribution in [3.05, 3.63) is 192 Å². The Labute approximate surface area is 291 Å². The van der Waals surface area contributed by atoms with Gasteiger partial charge in [-0.05, 0) is 80.2 Å². The molecule has 232 valence electrons. The van der Waals surface area contributed by atoms with E-state index in [2.05, 4.69) is 143 Å². The van der Waals surface area contributed by atoms with Gasteiger partial charge in [-0.3, -0.25) is 0 Å². The minimum absolute atomic E-state index is 0.564. The van der Waals surface area contributed by atoms with E-state index in [1.54, 1.807) is 0 Å². The van der Waals surface area contributed by atoms with E-state index in [0.717, 1.165) is 38.6 Å². The SMILES string of the molecule is [C-]#[N+]c1ccc2c(c1)c1cc(C#N)ccc1n2-c1ccccc1-c1ccc([Si](c2ccccc2)(c2ccccc2)c2ccc(C#N)cc2)cc1. The highest BCUT2D eigenvalue weighted by atomic mass is 28.3. The molecule has 8 rings (SSSR count). The van der Waals surface area contributed by atoms with Crippen LogP contribution in [0.4, 0.5) is 5.69 Å². The maximum atomic E-state index is 9.69. The van der Waals surface area contributed by atoms with Gasteiger partial charge in [-0.25, -0.2) is 4.85 Å². The number of nitrogens with zero attached hydrogens (tertiary/aromatic N) is 4. The van der Waals surface area contributed by atoms with E-state index in [1.807, 2.05) is 48.5 Å². The minimum atomic E-state index is -2.78. The molecule has 5 heteroatoms. The van der Waals surface area contributed by atoms with E-state index < -0.39 is 8.07 Å². The van der Waals surface area contributed by atoms with Crippen molar-refractivity contribution in [2.24, 2.45) is 0 Å². The summed E-state index contributed by atoms with van der Waals surface area (Å²) in [5.74, 6) is 0. The standard InChI is InChI=1S/C45H28N4Si/c1-48-35-21-27-45-42(29-35)41-28-33(31-47)18-26-44(41)49(45)43-15-9-8-14-40(43)34-19-24-39(25-20-34)50(36-10-4-2-5-11-36,37-12-6-3-7-13-37)38-22-16-32(30-46)17-23-38/h2-29H. The fourth-order valence-corrected chi connectivity index (χ4v) is 12.1. The molecule has 0 atom stereocenters. The molecular formula is C45H28N4Si. The van der Waals surface area contributed by atoms with Gasteiger partial charge in [-0.1, -0.05) is 121 Å². The minimum Gasteiger partial charge on any atom is -0.309 e. The number of fused-ring (bicyclic) bond motifs is 3. The van der Waals surface area contributed by atoms with Crippen LogP contribution in [0.15, 0.2) is 170 Å². The van der Waals surface area contributed by atoms with Crippen molar-refractivity contribution in [1.82, 2.24) is 4.57 Å². The summed E-state index contributed by atoms with van der Waals surface area (Å²) in [6.45, 7) is 7.62. The predicted molar refractivity (Wildman–Crippen MR) is 206 cm³/mol. The molecule has 1 heterocycles. The molecule has 0 fully saturated rings. The second kappa shape index (κ2) is 12.6. The van der Waals surface area contributed by atoms with Crippen molar-refractivity contribution in [2.75, 3.05) is 0 Å². The van der Waals surface area contributed by atoms with E-state index in [-0.39, 0.29) is 0 Å². The van der Waals surface area contributed by atoms with Crippen LogP contribution >= 0.6 is 0 Å². The largest absolute Gasteiger partial charge is 0.309 e. The van der Waals surface area contributed by atoms with E-state index in [0.29, 0.717) is 16.8 Å². The lowest BCUT2D eigenvalue weighted by molar-refractivity contribution is 1.18. The highest BCUT2D eigenvalue weighted by Crippen LogP contribution is 2.38. The number of hydrogen-bond donors (Lipinski definition) is 0. The molecule has 0 amide bonds. The zero-order valence-corrected chi connectivity index (χ0v) is 28.0. The Bertz CT molecular complexity index is 2540. The lowest BCUT2D eigenvalue weighted by Crippen LogP contribution is -2.74. The number of para-hydroxylation sites is 1. The summed E-state index contributed by atoms with van der Waals surface area (Å²) in [4.78, 5) is 3.68. The molecule has 0 saturated carbocycles. The van der Waals surface area contributed by atoms with E-state index in [4.69, 9.17) is 6.57 Å². The van der Waals surface area contributed by atoms with Crippen LogP contribution < -0.4 is 20.7 Å². The van der Waals surface area contributed by atoms with E-state index in [9.17, 15) is 10.5 Å². The van der Waals surface area contributed by atoms with Gasteiger partial charge in [0.05, 0.1) is 46.6 Å². The molecule has 0 radical (unpaired) electrons. The summed E-state index contributed by atoms with van der Waals surface area (Å²) in [5.41, 5.74) is 6.91. The third-order valence-electron chi connectivity index (χ3n) is 9.64. The van der Waals surface area contributed by atoms with Crippen molar-refractivity contribution >= 4 is 56.3 Å². The monoisotopic (exact) mass is 652 g/mol. The second-order valence-electron chi connectivity index (χ2n) is 12.3. The Hall–Kier alpha value is -6.97. The summed E-state index contributed by atoms with van der Waals surface area (Å²) in [6.07, 6.45) is 0. The molecular weight excluding hydrogens is 625 g/mol. The molecule has 0 spiro atoms. The van der Waals surface area contributed by atoms with Crippen LogP contribution in [0, 0.1) is 29.2 Å². The van der Waals surface area contributed by atoms with Crippen molar-refractivity contribution in [3.63, 3.8) is 0 Å². The zero-order valence-electron chi connectivity index (χ0n) is 27.0. The maximum Gasteiger partial charge on any atom is 0.188 e. The van der Waals surface area contributed by atoms with Crippen LogP contribution in [0.2, 0.25) is 0 Å². The number of hydrogen-bond acceptors (Lipinski definition) is 2. The van der Waals surface area contributed by atoms with Crippen LogP contribution in [0.1, 0.15) is 11.1 Å². The summed E-state index contributed by atoms with van der Waals surface area (Å²) >= 11 is 0. The molecule has 0 bridgehead atoms. The average Bonchev–Trinajstić information content (AvgIpc) is 3.52. The van der Waals surface area contributed by atoms with Gasteiger partial charge >= 0.3 is 0 Å². The van der Waals surface area contributed by atoms with Gasteiger partial charge in [-0.2, -0.15) is 10.5 Å². The van der Waals surface area contributed by atoms with Crippen molar-refractivity contribution < 1.29 is 0 Å². The second-order valence-corrected chi connectivity index (χ2v) is 16.1. The van der Waals surface area contributed by atoms with Crippen molar-refractivity contribution in [2.45, 2.75) is 0 Å². The van der Waals surface area contributed by atoms with Crippen LogP contribution in [0.3, 0.4) is 0 Å². The molecule has 0 saturated heterocycles. The topological polar surface area (TPSA) is 56.9 Å². The van der Waals surface area contributed by atoms with Crippen LogP contribution in [-0.2, 0) is 0 Å². The predicted octanol–water partition coefficient (Wildman–Crippen LogP) is 8.12. The molecule has 0 unspecified atom stereocenters. The van der Waals surface area contributed by atoms with Crippen molar-refractivity contribution in [1.29, 1.82) is 10.5 Å². The fraction of sp³-hybridized carbons (Fsp3) is 0. The molecule has 8 aromatic rings. The van der Waals surface area contributed by atoms with Crippen molar-refractivity contribution in [3.8, 4) is 29.0 Å². The Morgan fingerprint density at radius 3 is 1.60 bits per heavy atom. The van der Waals surface area contributed by atoms with Crippen LogP contribution in [0.5, 0.6) is 0 Å². The van der Waals surface area contributed by atoms with Gasteiger partial charge in [0.25, 0.3) is 0 Å². The lowest BCUT2D eigenvalue weighted by atomic mass is 10.0. The highest BCUT2D eigenvalue weighted by molar-refractivity contribution is 7.19. The first-order valence-electron chi connectivity index (χ1n) is 16.3. The van der Waals surface area contributed by atoms with E-state index in [1.165, 1.54) is 20.7 Å². The van der Waals surface area contributed by atoms with Crippen LogP contribution in [0.25, 0.3) is 43.5 Å². The van der Waals surface area contributed by atoms with Gasteiger partial charge < -0.3 is 4.57 Å². The molecule has 0 N–H and O–H groups in total. The number of benzene rings is 7. The Morgan fingerprint density at radius 1 is 0.500 bits per heavy atom. The number of aromatic nitrogens is 1. The first kappa shape index (κ1) is 30.4. The average molecular weight is 653 g/mol. The fourth-order valence-electron chi connectivity index (χ4n) is 7.39. The van der Waals surface area contributed by atoms with Crippen LogP contribution in [-0.4, -0.2) is 12.6 Å². The third-order valence-corrected chi connectivity index (χ3v) is 14.4. The summed E-state index contributed by atoms with van der Waals surface area (Å²) in [5, 5.41) is 26.2. The molecule has 1 aromatic heterocycles. The highest BCUT2D eigenvalue weighted by Gasteiger charge is 2.41.